The Kier molecular flexibility index (Phi) is 8.31. The molecule has 8 bridgehead atoms. The van der Waals surface area contributed by atoms with E-state index in [-0.39, 0.29) is 12.4 Å². The highest BCUT2D eigenvalue weighted by Gasteiger charge is 2.19. The second kappa shape index (κ2) is 13.9. The summed E-state index contributed by atoms with van der Waals surface area (Å²) >= 11 is 0. The second-order valence-corrected chi connectivity index (χ2v) is 13.8. The summed E-state index contributed by atoms with van der Waals surface area (Å²) in [4.78, 5) is 37.1. The molecular formula is C48H31ClN8. The Labute approximate surface area is 332 Å². The third-order valence-corrected chi connectivity index (χ3v) is 10.4. The third-order valence-electron chi connectivity index (χ3n) is 10.4. The zero-order chi connectivity index (χ0) is 37.0. The maximum atomic E-state index is 5.43. The first-order chi connectivity index (χ1) is 27.7. The molecule has 7 aromatic heterocycles. The molecule has 11 rings (SSSR count). The Morgan fingerprint density at radius 1 is 0.368 bits per heavy atom. The lowest BCUT2D eigenvalue weighted by Crippen LogP contribution is -1.91. The highest BCUT2D eigenvalue weighted by molar-refractivity contribution is 6.01. The average Bonchev–Trinajstić information content (AvgIpc) is 4.10. The van der Waals surface area contributed by atoms with Gasteiger partial charge in [0.1, 0.15) is 0 Å². The third kappa shape index (κ3) is 5.96. The maximum absolute atomic E-state index is 5.43. The maximum Gasteiger partial charge on any atom is 0.0737 e. The number of nitrogens with one attached hydrogen (secondary N) is 2. The highest BCUT2D eigenvalue weighted by atomic mass is 35.5. The van der Waals surface area contributed by atoms with E-state index in [1.165, 1.54) is 0 Å². The molecule has 0 radical (unpaired) electrons. The highest BCUT2D eigenvalue weighted by Crippen LogP contribution is 2.38. The molecular weight excluding hydrogens is 724 g/mol. The minimum absolute atomic E-state index is 0. The minimum Gasteiger partial charge on any atom is -0.354 e. The first kappa shape index (κ1) is 34.0. The van der Waals surface area contributed by atoms with Gasteiger partial charge in [0.2, 0.25) is 0 Å². The lowest BCUT2D eigenvalue weighted by molar-refractivity contribution is 1.28. The molecule has 9 aromatic rings. The SMILES string of the molecule is C1=Cc2nc1c(-c1cccnc1)c1ccc([nH]1)c(-c1cnc3ccccc3c1)c1nc(c(-c3cnc4ccccc4c3)c3ccc([nH]3)c2-c2cccnc2)C=C1.Cl. The molecule has 0 amide bonds. The fraction of sp³-hybridized carbons (Fsp3) is 0. The van der Waals surface area contributed by atoms with E-state index < -0.39 is 0 Å². The van der Waals surface area contributed by atoms with Crippen molar-refractivity contribution in [1.82, 2.24) is 39.9 Å². The van der Waals surface area contributed by atoms with Crippen LogP contribution in [0.3, 0.4) is 0 Å². The number of aromatic amines is 2. The number of benzene rings is 2. The molecule has 0 fully saturated rings. The van der Waals surface area contributed by atoms with E-state index in [4.69, 9.17) is 19.9 Å². The topological polar surface area (TPSA) is 109 Å². The lowest BCUT2D eigenvalue weighted by atomic mass is 10.0. The van der Waals surface area contributed by atoms with E-state index in [2.05, 4.69) is 105 Å². The van der Waals surface area contributed by atoms with Crippen molar-refractivity contribution in [1.29, 1.82) is 0 Å². The molecule has 2 aromatic carbocycles. The van der Waals surface area contributed by atoms with Crippen LogP contribution < -0.4 is 0 Å². The van der Waals surface area contributed by atoms with Crippen molar-refractivity contribution >= 4 is 80.6 Å². The standard InChI is InChI=1S/C48H30N8.ClH/c1-3-11-35-29(7-1)23-33(27-51-35)47-41-17-15-39(54-41)45(31-9-5-21-49-25-31)37-13-14-38(53-37)46(32-10-6-22-50-26-32)40-16-18-42(55-40)48(44-20-19-43(47)56-44)34-24-30-8-2-4-12-36(30)52-28-34;/h1-28,54-55H;1H. The number of halogens is 1. The number of aromatic nitrogens is 8. The van der Waals surface area contributed by atoms with Crippen molar-refractivity contribution in [3.05, 3.63) is 169 Å². The molecule has 9 heteroatoms. The number of H-pyrrole nitrogens is 2. The fourth-order valence-corrected chi connectivity index (χ4v) is 7.86. The molecule has 0 aliphatic carbocycles. The molecule has 8 nitrogen and oxygen atoms in total. The van der Waals surface area contributed by atoms with E-state index >= 15 is 0 Å². The van der Waals surface area contributed by atoms with E-state index in [1.807, 2.05) is 73.3 Å². The largest absolute Gasteiger partial charge is 0.354 e. The molecule has 9 heterocycles. The van der Waals surface area contributed by atoms with Crippen LogP contribution in [0.5, 0.6) is 0 Å². The fourth-order valence-electron chi connectivity index (χ4n) is 7.86. The number of pyridine rings is 4. The van der Waals surface area contributed by atoms with Gasteiger partial charge in [0.05, 0.1) is 33.8 Å². The summed E-state index contributed by atoms with van der Waals surface area (Å²) in [5, 5.41) is 2.10. The Balaban J connectivity index is 0.00000396. The molecule has 0 atom stereocenters. The molecule has 57 heavy (non-hydrogen) atoms. The zero-order valence-electron chi connectivity index (χ0n) is 30.3. The van der Waals surface area contributed by atoms with Gasteiger partial charge in [0.15, 0.2) is 0 Å². The lowest BCUT2D eigenvalue weighted by Gasteiger charge is -2.07. The Bertz CT molecular complexity index is 3040. The number of para-hydroxylation sites is 2. The zero-order valence-corrected chi connectivity index (χ0v) is 31.1. The molecule has 270 valence electrons. The van der Waals surface area contributed by atoms with Crippen molar-refractivity contribution in [2.75, 3.05) is 0 Å². The molecule has 2 aliphatic heterocycles. The van der Waals surface area contributed by atoms with Gasteiger partial charge in [-0.3, -0.25) is 19.9 Å². The molecule has 2 aliphatic rings. The summed E-state index contributed by atoms with van der Waals surface area (Å²) in [6.45, 7) is 0. The average molecular weight is 755 g/mol. The summed E-state index contributed by atoms with van der Waals surface area (Å²) in [6.07, 6.45) is 19.6. The summed E-state index contributed by atoms with van der Waals surface area (Å²) in [7, 11) is 0. The van der Waals surface area contributed by atoms with Gasteiger partial charge in [-0.15, -0.1) is 12.4 Å². The van der Waals surface area contributed by atoms with Gasteiger partial charge in [0, 0.05) is 115 Å². The van der Waals surface area contributed by atoms with Gasteiger partial charge in [-0.05, 0) is 85.0 Å². The summed E-state index contributed by atoms with van der Waals surface area (Å²) in [6, 6.07) is 37.3. The number of hydrogen-bond acceptors (Lipinski definition) is 6. The normalized spacial score (nSPS) is 11.9. The van der Waals surface area contributed by atoms with Crippen molar-refractivity contribution < 1.29 is 0 Å². The summed E-state index contributed by atoms with van der Waals surface area (Å²) in [5.41, 5.74) is 16.3. The van der Waals surface area contributed by atoms with Crippen LogP contribution in [0.15, 0.2) is 146 Å². The Morgan fingerprint density at radius 2 is 0.754 bits per heavy atom. The van der Waals surface area contributed by atoms with E-state index in [0.29, 0.717) is 0 Å². The van der Waals surface area contributed by atoms with E-state index in [0.717, 1.165) is 111 Å². The first-order valence-electron chi connectivity index (χ1n) is 18.4. The minimum atomic E-state index is 0. The molecule has 0 unspecified atom stereocenters. The van der Waals surface area contributed by atoms with Gasteiger partial charge < -0.3 is 9.97 Å². The van der Waals surface area contributed by atoms with Crippen LogP contribution in [0.25, 0.3) is 113 Å². The van der Waals surface area contributed by atoms with Gasteiger partial charge in [-0.2, -0.15) is 0 Å². The van der Waals surface area contributed by atoms with Crippen LogP contribution in [0.2, 0.25) is 0 Å². The van der Waals surface area contributed by atoms with Gasteiger partial charge >= 0.3 is 0 Å². The molecule has 0 spiro atoms. The predicted molar refractivity (Wildman–Crippen MR) is 234 cm³/mol. The van der Waals surface area contributed by atoms with Gasteiger partial charge in [-0.1, -0.05) is 48.5 Å². The van der Waals surface area contributed by atoms with Crippen molar-refractivity contribution in [3.8, 4) is 44.5 Å². The number of rotatable bonds is 4. The van der Waals surface area contributed by atoms with Gasteiger partial charge in [0.25, 0.3) is 0 Å². The Morgan fingerprint density at radius 3 is 1.14 bits per heavy atom. The van der Waals surface area contributed by atoms with Crippen molar-refractivity contribution in [2.24, 2.45) is 0 Å². The second-order valence-electron chi connectivity index (χ2n) is 13.8. The van der Waals surface area contributed by atoms with Crippen molar-refractivity contribution in [2.45, 2.75) is 0 Å². The Hall–Kier alpha value is -7.55. The van der Waals surface area contributed by atoms with Crippen LogP contribution >= 0.6 is 12.4 Å². The number of hydrogen-bond donors (Lipinski definition) is 2. The van der Waals surface area contributed by atoms with E-state index in [1.54, 1.807) is 12.4 Å². The van der Waals surface area contributed by atoms with Crippen LogP contribution in [-0.4, -0.2) is 39.9 Å². The van der Waals surface area contributed by atoms with Crippen LogP contribution in [0, 0.1) is 0 Å². The smallest absolute Gasteiger partial charge is 0.0737 e. The van der Waals surface area contributed by atoms with E-state index in [9.17, 15) is 0 Å². The first-order valence-corrected chi connectivity index (χ1v) is 18.4. The molecule has 2 N–H and O–H groups in total. The quantitative estimate of drug-likeness (QED) is 0.185. The summed E-state index contributed by atoms with van der Waals surface area (Å²) < 4.78 is 0. The van der Waals surface area contributed by atoms with Crippen LogP contribution in [0.1, 0.15) is 22.8 Å². The molecule has 0 saturated heterocycles. The monoisotopic (exact) mass is 754 g/mol. The molecule has 0 saturated carbocycles. The van der Waals surface area contributed by atoms with Crippen LogP contribution in [0.4, 0.5) is 0 Å². The number of nitrogens with zero attached hydrogens (tertiary/aromatic N) is 6. The summed E-state index contributed by atoms with van der Waals surface area (Å²) in [5.74, 6) is 0. The van der Waals surface area contributed by atoms with Gasteiger partial charge in [-0.25, -0.2) is 9.97 Å². The predicted octanol–water partition coefficient (Wildman–Crippen LogP) is 11.6. The van der Waals surface area contributed by atoms with Crippen molar-refractivity contribution in [3.63, 3.8) is 0 Å². The number of fused-ring (bicyclic) bond motifs is 10. The van der Waals surface area contributed by atoms with Crippen LogP contribution in [-0.2, 0) is 0 Å².